The van der Waals surface area contributed by atoms with Crippen LogP contribution in [0.15, 0.2) is 113 Å². The lowest BCUT2D eigenvalue weighted by atomic mass is 10.1. The van der Waals surface area contributed by atoms with Crippen molar-refractivity contribution >= 4 is 22.5 Å². The number of fused-ring (bicyclic) bond motifs is 1. The second-order valence-electron chi connectivity index (χ2n) is 8.14. The third-order valence-electron chi connectivity index (χ3n) is 5.74. The molecule has 0 saturated carbocycles. The molecule has 3 aromatic heterocycles. The number of carbonyl (C=O) groups is 1. The van der Waals surface area contributed by atoms with E-state index in [1.807, 2.05) is 66.7 Å². The van der Waals surface area contributed by atoms with Crippen molar-refractivity contribution in [3.05, 3.63) is 119 Å². The number of amides is 1. The fourth-order valence-electron chi connectivity index (χ4n) is 4.00. The minimum absolute atomic E-state index is 0.160. The van der Waals surface area contributed by atoms with Crippen LogP contribution in [0.2, 0.25) is 0 Å². The van der Waals surface area contributed by atoms with Crippen LogP contribution in [0.5, 0.6) is 0 Å². The molecule has 0 aliphatic rings. The monoisotopic (exact) mass is 473 g/mol. The van der Waals surface area contributed by atoms with Crippen LogP contribution >= 0.6 is 0 Å². The lowest BCUT2D eigenvalue weighted by molar-refractivity contribution is 0.102. The Labute approximate surface area is 204 Å². The number of nitrogens with one attached hydrogen (secondary N) is 2. The third kappa shape index (κ3) is 4.07. The highest BCUT2D eigenvalue weighted by Gasteiger charge is 2.18. The van der Waals surface area contributed by atoms with Gasteiger partial charge in [0.05, 0.1) is 12.0 Å². The Hall–Kier alpha value is -5.24. The maximum Gasteiger partial charge on any atom is 0.256 e. The predicted molar refractivity (Wildman–Crippen MR) is 137 cm³/mol. The maximum absolute atomic E-state index is 13.2. The van der Waals surface area contributed by atoms with Gasteiger partial charge in [-0.15, -0.1) is 0 Å². The van der Waals surface area contributed by atoms with Gasteiger partial charge in [0.15, 0.2) is 5.76 Å². The summed E-state index contributed by atoms with van der Waals surface area (Å²) in [4.78, 5) is 33.1. The Morgan fingerprint density at radius 2 is 1.64 bits per heavy atom. The minimum Gasteiger partial charge on any atom is -0.463 e. The Bertz CT molecular complexity index is 1750. The van der Waals surface area contributed by atoms with Crippen LogP contribution in [-0.4, -0.2) is 25.7 Å². The molecule has 0 aliphatic carbocycles. The number of aromatic amines is 1. The van der Waals surface area contributed by atoms with E-state index in [-0.39, 0.29) is 17.4 Å². The molecule has 2 N–H and O–H groups in total. The number of furan rings is 1. The minimum atomic E-state index is -0.347. The van der Waals surface area contributed by atoms with E-state index < -0.39 is 0 Å². The zero-order valence-corrected chi connectivity index (χ0v) is 18.9. The number of hydrogen-bond donors (Lipinski definition) is 2. The van der Waals surface area contributed by atoms with Gasteiger partial charge in [0, 0.05) is 23.3 Å². The molecule has 174 valence electrons. The van der Waals surface area contributed by atoms with E-state index in [2.05, 4.69) is 20.4 Å². The standard InChI is InChI=1S/C28H19N5O3/c34-26-17-22(19-8-2-1-3-9-19)29-28(31-26)33-25(16-23(32-33)24-11-6-14-36-24)30-27(35)21-13-12-18-7-4-5-10-20(18)15-21/h1-17H,(H,30,35)(H,29,31,34). The fourth-order valence-corrected chi connectivity index (χ4v) is 4.00. The molecule has 6 aromatic rings. The summed E-state index contributed by atoms with van der Waals surface area (Å²) in [5.41, 5.74) is 1.88. The molecule has 0 bridgehead atoms. The number of benzene rings is 3. The van der Waals surface area contributed by atoms with Crippen molar-refractivity contribution in [2.24, 2.45) is 0 Å². The van der Waals surface area contributed by atoms with Crippen LogP contribution in [0, 0.1) is 0 Å². The molecule has 6 rings (SSSR count). The third-order valence-corrected chi connectivity index (χ3v) is 5.74. The van der Waals surface area contributed by atoms with E-state index in [0.29, 0.717) is 28.5 Å². The van der Waals surface area contributed by atoms with Gasteiger partial charge in [0.2, 0.25) is 5.95 Å². The molecule has 36 heavy (non-hydrogen) atoms. The summed E-state index contributed by atoms with van der Waals surface area (Å²) in [5.74, 6) is 0.673. The zero-order chi connectivity index (χ0) is 24.5. The van der Waals surface area contributed by atoms with Crippen LogP contribution in [0.4, 0.5) is 5.82 Å². The lowest BCUT2D eigenvalue weighted by Gasteiger charge is -2.10. The number of hydrogen-bond acceptors (Lipinski definition) is 5. The molecule has 0 radical (unpaired) electrons. The Balaban J connectivity index is 1.43. The van der Waals surface area contributed by atoms with E-state index in [1.165, 1.54) is 17.0 Å². The topological polar surface area (TPSA) is 106 Å². The summed E-state index contributed by atoms with van der Waals surface area (Å²) in [6, 6.07) is 29.3. The molecular formula is C28H19N5O3. The second kappa shape index (κ2) is 8.84. The first kappa shape index (κ1) is 21.3. The maximum atomic E-state index is 13.2. The van der Waals surface area contributed by atoms with E-state index in [1.54, 1.807) is 24.3 Å². The summed E-state index contributed by atoms with van der Waals surface area (Å²) in [5, 5.41) is 9.48. The van der Waals surface area contributed by atoms with E-state index >= 15 is 0 Å². The van der Waals surface area contributed by atoms with Crippen molar-refractivity contribution < 1.29 is 9.21 Å². The molecule has 3 heterocycles. The van der Waals surface area contributed by atoms with Crippen LogP contribution in [0.3, 0.4) is 0 Å². The number of rotatable bonds is 5. The number of nitrogens with zero attached hydrogens (tertiary/aromatic N) is 3. The molecule has 8 nitrogen and oxygen atoms in total. The molecular weight excluding hydrogens is 454 g/mol. The van der Waals surface area contributed by atoms with Gasteiger partial charge in [-0.05, 0) is 35.0 Å². The highest BCUT2D eigenvalue weighted by atomic mass is 16.3. The Kier molecular flexibility index (Phi) is 5.23. The first-order valence-electron chi connectivity index (χ1n) is 11.3. The van der Waals surface area contributed by atoms with E-state index in [0.717, 1.165) is 16.3 Å². The number of aromatic nitrogens is 4. The van der Waals surface area contributed by atoms with Crippen molar-refractivity contribution in [1.82, 2.24) is 19.7 Å². The summed E-state index contributed by atoms with van der Waals surface area (Å²) in [6.07, 6.45) is 1.54. The van der Waals surface area contributed by atoms with Gasteiger partial charge in [-0.2, -0.15) is 9.78 Å². The Morgan fingerprint density at radius 3 is 2.44 bits per heavy atom. The molecule has 0 spiro atoms. The Morgan fingerprint density at radius 1 is 0.833 bits per heavy atom. The van der Waals surface area contributed by atoms with Crippen molar-refractivity contribution in [3.63, 3.8) is 0 Å². The van der Waals surface area contributed by atoms with Crippen molar-refractivity contribution in [1.29, 1.82) is 0 Å². The molecule has 0 saturated heterocycles. The first-order chi connectivity index (χ1) is 17.6. The smallest absolute Gasteiger partial charge is 0.256 e. The highest BCUT2D eigenvalue weighted by Crippen LogP contribution is 2.26. The van der Waals surface area contributed by atoms with Gasteiger partial charge < -0.3 is 9.73 Å². The van der Waals surface area contributed by atoms with Gasteiger partial charge in [0.25, 0.3) is 11.5 Å². The molecule has 8 heteroatoms. The van der Waals surface area contributed by atoms with E-state index in [9.17, 15) is 9.59 Å². The average Bonchev–Trinajstić information content (AvgIpc) is 3.59. The van der Waals surface area contributed by atoms with Gasteiger partial charge in [-0.25, -0.2) is 4.98 Å². The summed E-state index contributed by atoms with van der Waals surface area (Å²) in [7, 11) is 0. The molecule has 0 fully saturated rings. The van der Waals surface area contributed by atoms with Crippen molar-refractivity contribution in [2.75, 3.05) is 5.32 Å². The van der Waals surface area contributed by atoms with Gasteiger partial charge in [-0.3, -0.25) is 14.6 Å². The second-order valence-corrected chi connectivity index (χ2v) is 8.14. The largest absolute Gasteiger partial charge is 0.463 e. The van der Waals surface area contributed by atoms with Gasteiger partial charge in [-0.1, -0.05) is 60.7 Å². The molecule has 0 aliphatic heterocycles. The van der Waals surface area contributed by atoms with Gasteiger partial charge in [0.1, 0.15) is 11.5 Å². The highest BCUT2D eigenvalue weighted by molar-refractivity contribution is 6.06. The number of anilines is 1. The summed E-state index contributed by atoms with van der Waals surface area (Å²) >= 11 is 0. The zero-order valence-electron chi connectivity index (χ0n) is 18.9. The lowest BCUT2D eigenvalue weighted by Crippen LogP contribution is -2.18. The SMILES string of the molecule is O=C(Nc1cc(-c2ccco2)nn1-c1nc(-c2ccccc2)cc(=O)[nH]1)c1ccc2ccccc2c1. The normalized spacial score (nSPS) is 11.0. The van der Waals surface area contributed by atoms with E-state index in [4.69, 9.17) is 4.42 Å². The quantitative estimate of drug-likeness (QED) is 0.354. The molecule has 3 aromatic carbocycles. The first-order valence-corrected chi connectivity index (χ1v) is 11.3. The van der Waals surface area contributed by atoms with Crippen LogP contribution in [0.25, 0.3) is 39.4 Å². The molecule has 0 unspecified atom stereocenters. The van der Waals surface area contributed by atoms with Crippen LogP contribution in [-0.2, 0) is 0 Å². The van der Waals surface area contributed by atoms with Gasteiger partial charge >= 0.3 is 0 Å². The summed E-state index contributed by atoms with van der Waals surface area (Å²) < 4.78 is 6.89. The number of H-pyrrole nitrogens is 1. The predicted octanol–water partition coefficient (Wildman–Crippen LogP) is 5.29. The molecule has 0 atom stereocenters. The van der Waals surface area contributed by atoms with Crippen LogP contribution in [0.1, 0.15) is 10.4 Å². The average molecular weight is 473 g/mol. The van der Waals surface area contributed by atoms with Crippen molar-refractivity contribution in [3.8, 4) is 28.7 Å². The van der Waals surface area contributed by atoms with Crippen molar-refractivity contribution in [2.45, 2.75) is 0 Å². The number of carbonyl (C=O) groups excluding carboxylic acids is 1. The van der Waals surface area contributed by atoms with Crippen LogP contribution < -0.4 is 10.9 Å². The fraction of sp³-hybridized carbons (Fsp3) is 0. The summed E-state index contributed by atoms with van der Waals surface area (Å²) in [6.45, 7) is 0. The molecule has 1 amide bonds.